The number of para-hydroxylation sites is 1. The van der Waals surface area contributed by atoms with E-state index in [0.29, 0.717) is 31.1 Å². The van der Waals surface area contributed by atoms with E-state index in [1.807, 2.05) is 49.2 Å². The van der Waals surface area contributed by atoms with Crippen LogP contribution in [0.2, 0.25) is 0 Å². The number of imidazole rings is 1. The maximum atomic E-state index is 12.8. The molecule has 0 atom stereocenters. The van der Waals surface area contributed by atoms with Gasteiger partial charge in [-0.05, 0) is 68.4 Å². The number of carbonyl (C=O) groups excluding carboxylic acids is 3. The number of likely N-dealkylation sites (tertiary alicyclic amines) is 1. The minimum Gasteiger partial charge on any atom is -0.388 e. The first-order valence-corrected chi connectivity index (χ1v) is 13.5. The van der Waals surface area contributed by atoms with Gasteiger partial charge in [0.2, 0.25) is 12.3 Å². The Morgan fingerprint density at radius 3 is 2.63 bits per heavy atom. The summed E-state index contributed by atoms with van der Waals surface area (Å²) in [6.07, 6.45) is 5.47. The number of rotatable bonds is 10. The minimum absolute atomic E-state index is 0.0465. The Hall–Kier alpha value is -3.88. The van der Waals surface area contributed by atoms with Crippen LogP contribution in [0.5, 0.6) is 0 Å². The molecular weight excluding hydrogens is 480 g/mol. The van der Waals surface area contributed by atoms with Crippen LogP contribution in [-0.4, -0.2) is 77.3 Å². The highest BCUT2D eigenvalue weighted by atomic mass is 16.2. The van der Waals surface area contributed by atoms with Gasteiger partial charge in [-0.3, -0.25) is 14.4 Å². The van der Waals surface area contributed by atoms with Gasteiger partial charge in [-0.25, -0.2) is 4.98 Å². The van der Waals surface area contributed by atoms with E-state index in [9.17, 15) is 14.4 Å². The van der Waals surface area contributed by atoms with Crippen LogP contribution in [0.15, 0.2) is 36.4 Å². The second-order valence-electron chi connectivity index (χ2n) is 10.4. The number of hydrogen-bond donors (Lipinski definition) is 3. The summed E-state index contributed by atoms with van der Waals surface area (Å²) in [5.41, 5.74) is 5.48. The number of anilines is 1. The highest BCUT2D eigenvalue weighted by Crippen LogP contribution is 2.39. The minimum atomic E-state index is -0.269. The van der Waals surface area contributed by atoms with Crippen molar-refractivity contribution in [1.29, 1.82) is 0 Å². The first kappa shape index (κ1) is 25.8. The Morgan fingerprint density at radius 2 is 1.92 bits per heavy atom. The molecule has 9 heteroatoms. The van der Waals surface area contributed by atoms with E-state index >= 15 is 0 Å². The summed E-state index contributed by atoms with van der Waals surface area (Å²) < 4.78 is 0. The summed E-state index contributed by atoms with van der Waals surface area (Å²) >= 11 is 0. The second kappa shape index (κ2) is 11.2. The van der Waals surface area contributed by atoms with Crippen molar-refractivity contribution in [3.8, 4) is 0 Å². The van der Waals surface area contributed by atoms with Crippen LogP contribution in [-0.2, 0) is 16.0 Å². The van der Waals surface area contributed by atoms with Gasteiger partial charge in [0.05, 0.1) is 17.6 Å². The Bertz CT molecular complexity index is 1320. The molecule has 9 nitrogen and oxygen atoms in total. The lowest BCUT2D eigenvalue weighted by Gasteiger charge is -2.37. The normalized spacial score (nSPS) is 15.9. The molecule has 5 rings (SSSR count). The number of benzene rings is 2. The van der Waals surface area contributed by atoms with Gasteiger partial charge < -0.3 is 25.4 Å². The summed E-state index contributed by atoms with van der Waals surface area (Å²) in [7, 11) is 1.90. The average molecular weight is 517 g/mol. The Kier molecular flexibility index (Phi) is 7.62. The monoisotopic (exact) mass is 516 g/mol. The Labute approximate surface area is 223 Å². The lowest BCUT2D eigenvalue weighted by atomic mass is 10.0. The molecule has 0 unspecified atom stereocenters. The molecule has 200 valence electrons. The SMILES string of the molecule is CNc1ccccc1CCN(C=O)C1CCN(C(=O)CNC(=O)c2cc(C)c3nc(C4CC4)[nH]c3c2)CC1. The standard InChI is InChI=1S/C29H36N6O3/c1-19-15-22(16-25-27(19)33-28(32-25)21-7-8-21)29(38)31-17-26(37)34-13-10-23(11-14-34)35(18-36)12-9-20-5-3-4-6-24(20)30-2/h3-6,15-16,18,21,23,30H,7-14,17H2,1-2H3,(H,31,38)(H,32,33). The van der Waals surface area contributed by atoms with Gasteiger partial charge in [-0.15, -0.1) is 0 Å². The number of aromatic amines is 1. The number of amides is 3. The highest BCUT2D eigenvalue weighted by molar-refractivity contribution is 5.99. The van der Waals surface area contributed by atoms with Crippen molar-refractivity contribution in [3.63, 3.8) is 0 Å². The number of nitrogens with zero attached hydrogens (tertiary/aromatic N) is 3. The van der Waals surface area contributed by atoms with E-state index in [-0.39, 0.29) is 24.4 Å². The Balaban J connectivity index is 1.10. The number of piperidine rings is 1. The number of nitrogens with one attached hydrogen (secondary N) is 3. The van der Waals surface area contributed by atoms with Crippen LogP contribution in [0.1, 0.15) is 58.9 Å². The van der Waals surface area contributed by atoms with Gasteiger partial charge in [-0.2, -0.15) is 0 Å². The molecule has 2 aliphatic rings. The second-order valence-corrected chi connectivity index (χ2v) is 10.4. The van der Waals surface area contributed by atoms with E-state index in [4.69, 9.17) is 4.98 Å². The average Bonchev–Trinajstić information content (AvgIpc) is 3.70. The molecule has 3 N–H and O–H groups in total. The predicted molar refractivity (Wildman–Crippen MR) is 147 cm³/mol. The van der Waals surface area contributed by atoms with E-state index in [0.717, 1.165) is 66.6 Å². The molecule has 3 aromatic rings. The fraction of sp³-hybridized carbons (Fsp3) is 0.448. The third kappa shape index (κ3) is 5.66. The quantitative estimate of drug-likeness (QED) is 0.359. The number of aromatic nitrogens is 2. The van der Waals surface area contributed by atoms with Crippen molar-refractivity contribution in [2.24, 2.45) is 0 Å². The lowest BCUT2D eigenvalue weighted by Crippen LogP contribution is -2.49. The zero-order valence-electron chi connectivity index (χ0n) is 22.1. The summed E-state index contributed by atoms with van der Waals surface area (Å²) in [6.45, 7) is 3.68. The first-order valence-electron chi connectivity index (χ1n) is 13.5. The van der Waals surface area contributed by atoms with Crippen LogP contribution in [0.3, 0.4) is 0 Å². The lowest BCUT2D eigenvalue weighted by molar-refractivity contribution is -0.132. The smallest absolute Gasteiger partial charge is 0.251 e. The van der Waals surface area contributed by atoms with Gasteiger partial charge in [0, 0.05) is 49.9 Å². The summed E-state index contributed by atoms with van der Waals surface area (Å²) in [4.78, 5) is 49.2. The van der Waals surface area contributed by atoms with Crippen LogP contribution >= 0.6 is 0 Å². The van der Waals surface area contributed by atoms with Crippen molar-refractivity contribution in [1.82, 2.24) is 25.1 Å². The molecule has 1 aliphatic heterocycles. The Morgan fingerprint density at radius 1 is 1.16 bits per heavy atom. The van der Waals surface area contributed by atoms with Crippen LogP contribution in [0.4, 0.5) is 5.69 Å². The number of aryl methyl sites for hydroxylation is 1. The van der Waals surface area contributed by atoms with Crippen molar-refractivity contribution in [2.75, 3.05) is 38.5 Å². The molecular formula is C29H36N6O3. The van der Waals surface area contributed by atoms with Gasteiger partial charge >= 0.3 is 0 Å². The van der Waals surface area contributed by atoms with Gasteiger partial charge in [-0.1, -0.05) is 18.2 Å². The van der Waals surface area contributed by atoms with Gasteiger partial charge in [0.25, 0.3) is 5.91 Å². The molecule has 0 bridgehead atoms. The molecule has 1 saturated heterocycles. The number of fused-ring (bicyclic) bond motifs is 1. The number of carbonyl (C=O) groups is 3. The largest absolute Gasteiger partial charge is 0.388 e. The summed E-state index contributed by atoms with van der Waals surface area (Å²) in [6, 6.07) is 11.9. The molecule has 2 aromatic carbocycles. The summed E-state index contributed by atoms with van der Waals surface area (Å²) in [5, 5.41) is 5.99. The zero-order valence-corrected chi connectivity index (χ0v) is 22.1. The van der Waals surface area contributed by atoms with E-state index < -0.39 is 0 Å². The molecule has 1 saturated carbocycles. The number of hydrogen-bond acceptors (Lipinski definition) is 5. The summed E-state index contributed by atoms with van der Waals surface area (Å²) in [5.74, 6) is 1.13. The van der Waals surface area contributed by atoms with Crippen molar-refractivity contribution >= 4 is 34.9 Å². The zero-order chi connectivity index (χ0) is 26.6. The predicted octanol–water partition coefficient (Wildman–Crippen LogP) is 3.21. The first-order chi connectivity index (χ1) is 18.5. The van der Waals surface area contributed by atoms with Crippen molar-refractivity contribution in [3.05, 3.63) is 58.9 Å². The van der Waals surface area contributed by atoms with E-state index in [2.05, 4.69) is 21.7 Å². The molecule has 2 heterocycles. The molecule has 0 radical (unpaired) electrons. The number of H-pyrrole nitrogens is 1. The van der Waals surface area contributed by atoms with Crippen LogP contribution in [0.25, 0.3) is 11.0 Å². The molecule has 38 heavy (non-hydrogen) atoms. The molecule has 1 aromatic heterocycles. The van der Waals surface area contributed by atoms with Crippen LogP contribution < -0.4 is 10.6 Å². The highest BCUT2D eigenvalue weighted by Gasteiger charge is 2.28. The van der Waals surface area contributed by atoms with E-state index in [1.165, 1.54) is 5.56 Å². The molecule has 3 amide bonds. The fourth-order valence-electron chi connectivity index (χ4n) is 5.36. The topological polar surface area (TPSA) is 110 Å². The fourth-order valence-corrected chi connectivity index (χ4v) is 5.36. The van der Waals surface area contributed by atoms with Crippen LogP contribution in [0, 0.1) is 6.92 Å². The molecule has 2 fully saturated rings. The van der Waals surface area contributed by atoms with E-state index in [1.54, 1.807) is 4.90 Å². The van der Waals surface area contributed by atoms with Gasteiger partial charge in [0.1, 0.15) is 5.82 Å². The molecule has 0 spiro atoms. The third-order valence-corrected chi connectivity index (χ3v) is 7.77. The molecule has 1 aliphatic carbocycles. The third-order valence-electron chi connectivity index (χ3n) is 7.77. The van der Waals surface area contributed by atoms with Crippen molar-refractivity contribution < 1.29 is 14.4 Å². The van der Waals surface area contributed by atoms with Gasteiger partial charge in [0.15, 0.2) is 0 Å². The maximum Gasteiger partial charge on any atom is 0.251 e. The maximum absolute atomic E-state index is 12.8. The van der Waals surface area contributed by atoms with Crippen molar-refractivity contribution in [2.45, 2.75) is 51.0 Å².